The first-order chi connectivity index (χ1) is 10.6. The second kappa shape index (κ2) is 6.11. The Balaban J connectivity index is 2.33. The minimum atomic E-state index is -4.89. The summed E-state index contributed by atoms with van der Waals surface area (Å²) in [5.74, 6) is -0.596. The highest BCUT2D eigenvalue weighted by Crippen LogP contribution is 2.26. The van der Waals surface area contributed by atoms with Crippen LogP contribution in [-0.2, 0) is 10.0 Å². The van der Waals surface area contributed by atoms with E-state index in [1.165, 1.54) is 12.1 Å². The fourth-order valence-corrected chi connectivity index (χ4v) is 3.04. The molecule has 0 saturated heterocycles. The van der Waals surface area contributed by atoms with Crippen molar-refractivity contribution in [2.45, 2.75) is 25.1 Å². The van der Waals surface area contributed by atoms with E-state index >= 15 is 0 Å². The number of hydrogen-bond donors (Lipinski definition) is 1. The highest BCUT2D eigenvalue weighted by atomic mass is 32.2. The van der Waals surface area contributed by atoms with Crippen molar-refractivity contribution in [2.75, 3.05) is 4.72 Å². The van der Waals surface area contributed by atoms with Crippen molar-refractivity contribution in [3.63, 3.8) is 0 Å². The maximum Gasteiger partial charge on any atom is 0.573 e. The smallest absolute Gasteiger partial charge is 0.406 e. The van der Waals surface area contributed by atoms with E-state index in [-0.39, 0.29) is 4.90 Å². The topological polar surface area (TPSA) is 55.4 Å². The zero-order valence-electron chi connectivity index (χ0n) is 12.3. The number of sulfonamides is 1. The van der Waals surface area contributed by atoms with Gasteiger partial charge >= 0.3 is 6.36 Å². The molecule has 0 saturated carbocycles. The van der Waals surface area contributed by atoms with Gasteiger partial charge in [0, 0.05) is 6.07 Å². The van der Waals surface area contributed by atoms with Crippen LogP contribution in [-0.4, -0.2) is 14.8 Å². The van der Waals surface area contributed by atoms with E-state index in [2.05, 4.69) is 9.46 Å². The largest absolute Gasteiger partial charge is 0.573 e. The molecule has 1 N–H and O–H groups in total. The maximum absolute atomic E-state index is 12.3. The van der Waals surface area contributed by atoms with Crippen LogP contribution in [0, 0.1) is 13.8 Å². The van der Waals surface area contributed by atoms with Crippen LogP contribution in [0.2, 0.25) is 0 Å². The number of anilines is 1. The molecule has 0 aliphatic carbocycles. The van der Waals surface area contributed by atoms with E-state index in [9.17, 15) is 21.6 Å². The van der Waals surface area contributed by atoms with Crippen LogP contribution in [0.1, 0.15) is 11.1 Å². The molecule has 2 aromatic rings. The number of nitrogens with one attached hydrogen (secondary N) is 1. The first kappa shape index (κ1) is 17.1. The molecule has 0 aliphatic rings. The summed E-state index contributed by atoms with van der Waals surface area (Å²) in [5.41, 5.74) is 1.91. The van der Waals surface area contributed by atoms with Crippen LogP contribution in [0.5, 0.6) is 5.75 Å². The molecule has 4 nitrogen and oxygen atoms in total. The fourth-order valence-electron chi connectivity index (χ4n) is 1.89. The van der Waals surface area contributed by atoms with Crippen molar-refractivity contribution in [3.05, 3.63) is 53.6 Å². The highest BCUT2D eigenvalue weighted by Gasteiger charge is 2.31. The SMILES string of the molecule is Cc1ccc(C)c(NS(=O)(=O)c2cccc(OC(F)(F)F)c2)c1. The first-order valence-corrected chi connectivity index (χ1v) is 8.01. The molecule has 2 aromatic carbocycles. The lowest BCUT2D eigenvalue weighted by atomic mass is 10.1. The molecule has 0 aliphatic heterocycles. The third kappa shape index (κ3) is 4.62. The summed E-state index contributed by atoms with van der Waals surface area (Å²) in [5, 5.41) is 0. The molecule has 23 heavy (non-hydrogen) atoms. The van der Waals surface area contributed by atoms with Gasteiger partial charge in [-0.15, -0.1) is 13.2 Å². The zero-order valence-corrected chi connectivity index (χ0v) is 13.1. The monoisotopic (exact) mass is 345 g/mol. The van der Waals surface area contributed by atoms with E-state index < -0.39 is 22.1 Å². The van der Waals surface area contributed by atoms with Crippen LogP contribution in [0.25, 0.3) is 0 Å². The average Bonchev–Trinajstić information content (AvgIpc) is 2.41. The fraction of sp³-hybridized carbons (Fsp3) is 0.200. The van der Waals surface area contributed by atoms with Gasteiger partial charge in [-0.3, -0.25) is 4.72 Å². The van der Waals surface area contributed by atoms with Gasteiger partial charge in [0.2, 0.25) is 0 Å². The Bertz CT molecular complexity index is 817. The molecule has 2 rings (SSSR count). The van der Waals surface area contributed by atoms with Gasteiger partial charge in [0.1, 0.15) is 5.75 Å². The van der Waals surface area contributed by atoms with Gasteiger partial charge in [0.05, 0.1) is 10.6 Å². The van der Waals surface area contributed by atoms with Gasteiger partial charge in [-0.05, 0) is 43.2 Å². The maximum atomic E-state index is 12.3. The Hall–Kier alpha value is -2.22. The van der Waals surface area contributed by atoms with Crippen LogP contribution in [0.3, 0.4) is 0 Å². The Labute approximate surface area is 132 Å². The number of ether oxygens (including phenoxy) is 1. The summed E-state index contributed by atoms with van der Waals surface area (Å²) in [4.78, 5) is -0.319. The van der Waals surface area contributed by atoms with Crippen LogP contribution < -0.4 is 9.46 Å². The van der Waals surface area contributed by atoms with Crippen molar-refractivity contribution in [2.24, 2.45) is 0 Å². The number of aryl methyl sites for hydroxylation is 2. The summed E-state index contributed by atoms with van der Waals surface area (Å²) in [7, 11) is -4.03. The molecular weight excluding hydrogens is 331 g/mol. The van der Waals surface area contributed by atoms with E-state index in [0.717, 1.165) is 17.7 Å². The van der Waals surface area contributed by atoms with Crippen molar-refractivity contribution >= 4 is 15.7 Å². The van der Waals surface area contributed by atoms with Crippen LogP contribution in [0.4, 0.5) is 18.9 Å². The Morgan fingerprint density at radius 3 is 2.39 bits per heavy atom. The summed E-state index contributed by atoms with van der Waals surface area (Å²) in [6, 6.07) is 9.44. The zero-order chi connectivity index (χ0) is 17.3. The third-order valence-corrected chi connectivity index (χ3v) is 4.35. The van der Waals surface area contributed by atoms with Gasteiger partial charge in [-0.25, -0.2) is 8.42 Å². The molecule has 0 radical (unpaired) electrons. The molecule has 8 heteroatoms. The summed E-state index contributed by atoms with van der Waals surface area (Å²) >= 11 is 0. The van der Waals surface area contributed by atoms with Crippen molar-refractivity contribution in [1.29, 1.82) is 0 Å². The second-order valence-electron chi connectivity index (χ2n) is 4.95. The Morgan fingerprint density at radius 2 is 1.74 bits per heavy atom. The summed E-state index contributed by atoms with van der Waals surface area (Å²) in [6.45, 7) is 3.52. The minimum Gasteiger partial charge on any atom is -0.406 e. The molecular formula is C15H14F3NO3S. The number of alkyl halides is 3. The molecule has 0 unspecified atom stereocenters. The minimum absolute atomic E-state index is 0.319. The van der Waals surface area contributed by atoms with Gasteiger partial charge in [-0.1, -0.05) is 18.2 Å². The van der Waals surface area contributed by atoms with Gasteiger partial charge in [0.15, 0.2) is 0 Å². The van der Waals surface area contributed by atoms with Gasteiger partial charge in [-0.2, -0.15) is 0 Å². The number of hydrogen-bond acceptors (Lipinski definition) is 3. The predicted molar refractivity (Wildman–Crippen MR) is 79.8 cm³/mol. The highest BCUT2D eigenvalue weighted by molar-refractivity contribution is 7.92. The lowest BCUT2D eigenvalue weighted by molar-refractivity contribution is -0.274. The molecule has 0 bridgehead atoms. The lowest BCUT2D eigenvalue weighted by Crippen LogP contribution is -2.18. The van der Waals surface area contributed by atoms with Crippen molar-refractivity contribution in [1.82, 2.24) is 0 Å². The Morgan fingerprint density at radius 1 is 1.04 bits per heavy atom. The lowest BCUT2D eigenvalue weighted by Gasteiger charge is -2.13. The van der Waals surface area contributed by atoms with Gasteiger partial charge < -0.3 is 4.74 Å². The van der Waals surface area contributed by atoms with E-state index in [4.69, 9.17) is 0 Å². The Kier molecular flexibility index (Phi) is 4.56. The van der Waals surface area contributed by atoms with E-state index in [0.29, 0.717) is 11.3 Å². The number of halogens is 3. The van der Waals surface area contributed by atoms with E-state index in [1.54, 1.807) is 26.0 Å². The van der Waals surface area contributed by atoms with E-state index in [1.807, 2.05) is 6.07 Å². The molecule has 0 heterocycles. The van der Waals surface area contributed by atoms with Crippen molar-refractivity contribution < 1.29 is 26.3 Å². The average molecular weight is 345 g/mol. The summed E-state index contributed by atoms with van der Waals surface area (Å²) < 4.78 is 67.5. The standard InChI is InChI=1S/C15H14F3NO3S/c1-10-6-7-11(2)14(8-10)19-23(20,21)13-5-3-4-12(9-13)22-15(16,17)18/h3-9,19H,1-2H3. The second-order valence-corrected chi connectivity index (χ2v) is 6.63. The molecule has 0 atom stereocenters. The molecule has 124 valence electrons. The number of benzene rings is 2. The summed E-state index contributed by atoms with van der Waals surface area (Å²) in [6.07, 6.45) is -4.89. The third-order valence-electron chi connectivity index (χ3n) is 2.99. The molecule has 0 fully saturated rings. The van der Waals surface area contributed by atoms with Gasteiger partial charge in [0.25, 0.3) is 10.0 Å². The predicted octanol–water partition coefficient (Wildman–Crippen LogP) is 4.00. The van der Waals surface area contributed by atoms with Crippen LogP contribution in [0.15, 0.2) is 47.4 Å². The van der Waals surface area contributed by atoms with Crippen molar-refractivity contribution in [3.8, 4) is 5.75 Å². The van der Waals surface area contributed by atoms with Crippen LogP contribution >= 0.6 is 0 Å². The molecule has 0 amide bonds. The first-order valence-electron chi connectivity index (χ1n) is 6.53. The molecule has 0 aromatic heterocycles. The quantitative estimate of drug-likeness (QED) is 0.911. The molecule has 0 spiro atoms. The normalized spacial score (nSPS) is 12.0. The number of rotatable bonds is 4.